The van der Waals surface area contributed by atoms with Crippen LogP contribution < -0.4 is 5.32 Å². The summed E-state index contributed by atoms with van der Waals surface area (Å²) in [5.41, 5.74) is 0. The highest BCUT2D eigenvalue weighted by Crippen LogP contribution is 2.38. The standard InChI is InChI=1S/C14H19BrN4O2/c15-11-9-12(18-14(17-11)10-1-2-10)16-4-3-13(20)19-5-7-21-8-6-19/h9-10H,1-8H2,(H,16,17,18). The van der Waals surface area contributed by atoms with Gasteiger partial charge in [-0.1, -0.05) is 0 Å². The van der Waals surface area contributed by atoms with Gasteiger partial charge in [0.2, 0.25) is 5.91 Å². The van der Waals surface area contributed by atoms with E-state index < -0.39 is 0 Å². The van der Waals surface area contributed by atoms with E-state index in [0.717, 1.165) is 16.2 Å². The smallest absolute Gasteiger partial charge is 0.224 e. The van der Waals surface area contributed by atoms with Crippen molar-refractivity contribution in [2.75, 3.05) is 38.2 Å². The molecule has 7 heteroatoms. The molecule has 6 nitrogen and oxygen atoms in total. The Bertz CT molecular complexity index is 516. The summed E-state index contributed by atoms with van der Waals surface area (Å²) in [6.45, 7) is 3.27. The van der Waals surface area contributed by atoms with Crippen molar-refractivity contribution in [1.82, 2.24) is 14.9 Å². The molecule has 0 aromatic carbocycles. The normalized spacial score (nSPS) is 18.6. The summed E-state index contributed by atoms with van der Waals surface area (Å²) in [5.74, 6) is 2.36. The van der Waals surface area contributed by atoms with E-state index in [0.29, 0.717) is 45.2 Å². The molecule has 21 heavy (non-hydrogen) atoms. The second kappa shape index (κ2) is 6.70. The average Bonchev–Trinajstić information content (AvgIpc) is 3.32. The number of anilines is 1. The van der Waals surface area contributed by atoms with E-state index in [4.69, 9.17) is 4.74 Å². The molecule has 1 aliphatic carbocycles. The van der Waals surface area contributed by atoms with E-state index in [2.05, 4.69) is 31.2 Å². The maximum Gasteiger partial charge on any atom is 0.224 e. The molecule has 2 fully saturated rings. The van der Waals surface area contributed by atoms with Crippen LogP contribution in [-0.4, -0.2) is 53.6 Å². The van der Waals surface area contributed by atoms with Gasteiger partial charge in [0, 0.05) is 38.0 Å². The van der Waals surface area contributed by atoms with Gasteiger partial charge in [0.15, 0.2) is 0 Å². The van der Waals surface area contributed by atoms with E-state index in [1.165, 1.54) is 12.8 Å². The number of aromatic nitrogens is 2. The Balaban J connectivity index is 1.49. The summed E-state index contributed by atoms with van der Waals surface area (Å²) < 4.78 is 6.04. The Morgan fingerprint density at radius 3 is 2.86 bits per heavy atom. The molecule has 1 aromatic rings. The first-order valence-electron chi connectivity index (χ1n) is 7.36. The number of hydrogen-bond donors (Lipinski definition) is 1. The van der Waals surface area contributed by atoms with E-state index in [1.807, 2.05) is 11.0 Å². The number of nitrogens with zero attached hydrogens (tertiary/aromatic N) is 3. The minimum Gasteiger partial charge on any atom is -0.378 e. The van der Waals surface area contributed by atoms with Crippen molar-refractivity contribution >= 4 is 27.7 Å². The summed E-state index contributed by atoms with van der Waals surface area (Å²) in [6.07, 6.45) is 2.82. The van der Waals surface area contributed by atoms with Crippen LogP contribution in [0.15, 0.2) is 10.7 Å². The molecule has 1 aliphatic heterocycles. The first-order valence-corrected chi connectivity index (χ1v) is 8.15. The van der Waals surface area contributed by atoms with Crippen LogP contribution in [0.25, 0.3) is 0 Å². The van der Waals surface area contributed by atoms with Crippen molar-refractivity contribution in [3.63, 3.8) is 0 Å². The molecule has 3 rings (SSSR count). The molecule has 1 N–H and O–H groups in total. The van der Waals surface area contributed by atoms with Crippen LogP contribution >= 0.6 is 15.9 Å². The number of rotatable bonds is 5. The molecule has 114 valence electrons. The van der Waals surface area contributed by atoms with Gasteiger partial charge < -0.3 is 15.0 Å². The summed E-state index contributed by atoms with van der Waals surface area (Å²) in [5, 5.41) is 3.22. The Kier molecular flexibility index (Phi) is 4.70. The number of hydrogen-bond acceptors (Lipinski definition) is 5. The fourth-order valence-electron chi connectivity index (χ4n) is 2.32. The predicted octanol–water partition coefficient (Wildman–Crippen LogP) is 1.78. The van der Waals surface area contributed by atoms with Crippen LogP contribution in [0.3, 0.4) is 0 Å². The summed E-state index contributed by atoms with van der Waals surface area (Å²) in [7, 11) is 0. The molecule has 2 aliphatic rings. The molecule has 0 spiro atoms. The number of carbonyl (C=O) groups is 1. The average molecular weight is 355 g/mol. The van der Waals surface area contributed by atoms with Crippen LogP contribution in [0.4, 0.5) is 5.82 Å². The number of ether oxygens (including phenoxy) is 1. The Morgan fingerprint density at radius 1 is 1.38 bits per heavy atom. The highest BCUT2D eigenvalue weighted by atomic mass is 79.9. The van der Waals surface area contributed by atoms with Crippen molar-refractivity contribution in [1.29, 1.82) is 0 Å². The maximum atomic E-state index is 12.0. The minimum absolute atomic E-state index is 0.168. The quantitative estimate of drug-likeness (QED) is 0.816. The molecule has 2 heterocycles. The first kappa shape index (κ1) is 14.7. The lowest BCUT2D eigenvalue weighted by atomic mass is 10.3. The molecule has 1 amide bonds. The lowest BCUT2D eigenvalue weighted by Gasteiger charge is -2.26. The number of halogens is 1. The Hall–Kier alpha value is -1.21. The van der Waals surface area contributed by atoms with Gasteiger partial charge in [-0.15, -0.1) is 0 Å². The number of carbonyl (C=O) groups excluding carboxylic acids is 1. The van der Waals surface area contributed by atoms with Crippen molar-refractivity contribution < 1.29 is 9.53 Å². The second-order valence-corrected chi connectivity index (χ2v) is 6.19. The highest BCUT2D eigenvalue weighted by Gasteiger charge is 2.27. The zero-order chi connectivity index (χ0) is 14.7. The third kappa shape index (κ3) is 4.14. The van der Waals surface area contributed by atoms with Gasteiger partial charge in [0.25, 0.3) is 0 Å². The van der Waals surface area contributed by atoms with Crippen LogP contribution in [0, 0.1) is 0 Å². The zero-order valence-corrected chi connectivity index (χ0v) is 13.4. The van der Waals surface area contributed by atoms with Crippen LogP contribution in [-0.2, 0) is 9.53 Å². The molecule has 0 radical (unpaired) electrons. The molecule has 0 bridgehead atoms. The number of nitrogens with one attached hydrogen (secondary N) is 1. The number of amides is 1. The van der Waals surface area contributed by atoms with E-state index in [-0.39, 0.29) is 5.91 Å². The van der Waals surface area contributed by atoms with Crippen molar-refractivity contribution in [2.45, 2.75) is 25.2 Å². The Labute approximate surface area is 132 Å². The lowest BCUT2D eigenvalue weighted by molar-refractivity contribution is -0.134. The topological polar surface area (TPSA) is 67.4 Å². The Morgan fingerprint density at radius 2 is 2.14 bits per heavy atom. The SMILES string of the molecule is O=C(CCNc1cc(Br)nc(C2CC2)n1)N1CCOCC1. The van der Waals surface area contributed by atoms with Crippen LogP contribution in [0.1, 0.15) is 31.0 Å². The zero-order valence-electron chi connectivity index (χ0n) is 11.8. The highest BCUT2D eigenvalue weighted by molar-refractivity contribution is 9.10. The van der Waals surface area contributed by atoms with Crippen molar-refractivity contribution in [2.24, 2.45) is 0 Å². The van der Waals surface area contributed by atoms with Crippen LogP contribution in [0.2, 0.25) is 0 Å². The molecule has 0 unspecified atom stereocenters. The van der Waals surface area contributed by atoms with Gasteiger partial charge in [-0.25, -0.2) is 9.97 Å². The van der Waals surface area contributed by atoms with Gasteiger partial charge >= 0.3 is 0 Å². The first-order chi connectivity index (χ1) is 10.2. The maximum absolute atomic E-state index is 12.0. The largest absolute Gasteiger partial charge is 0.378 e. The third-order valence-corrected chi connectivity index (χ3v) is 4.07. The van der Waals surface area contributed by atoms with Crippen molar-refractivity contribution in [3.8, 4) is 0 Å². The van der Waals surface area contributed by atoms with Gasteiger partial charge in [-0.3, -0.25) is 4.79 Å². The van der Waals surface area contributed by atoms with E-state index in [1.54, 1.807) is 0 Å². The molecular formula is C14H19BrN4O2. The van der Waals surface area contributed by atoms with Crippen molar-refractivity contribution in [3.05, 3.63) is 16.5 Å². The van der Waals surface area contributed by atoms with E-state index in [9.17, 15) is 4.79 Å². The van der Waals surface area contributed by atoms with Gasteiger partial charge in [0.1, 0.15) is 16.2 Å². The fraction of sp³-hybridized carbons (Fsp3) is 0.643. The molecule has 0 atom stereocenters. The number of morpholine rings is 1. The minimum atomic E-state index is 0.168. The molecule has 1 saturated heterocycles. The third-order valence-electron chi connectivity index (χ3n) is 3.66. The molecular weight excluding hydrogens is 336 g/mol. The van der Waals surface area contributed by atoms with Gasteiger partial charge in [0.05, 0.1) is 13.2 Å². The molecule has 1 saturated carbocycles. The van der Waals surface area contributed by atoms with E-state index >= 15 is 0 Å². The summed E-state index contributed by atoms with van der Waals surface area (Å²) in [4.78, 5) is 22.8. The van der Waals surface area contributed by atoms with Gasteiger partial charge in [-0.05, 0) is 28.8 Å². The monoisotopic (exact) mass is 354 g/mol. The van der Waals surface area contributed by atoms with Gasteiger partial charge in [-0.2, -0.15) is 0 Å². The lowest BCUT2D eigenvalue weighted by Crippen LogP contribution is -2.41. The summed E-state index contributed by atoms with van der Waals surface area (Å²) >= 11 is 3.41. The predicted molar refractivity (Wildman–Crippen MR) is 82.2 cm³/mol. The molecule has 1 aromatic heterocycles. The fourth-order valence-corrected chi connectivity index (χ4v) is 2.72. The van der Waals surface area contributed by atoms with Crippen LogP contribution in [0.5, 0.6) is 0 Å². The second-order valence-electron chi connectivity index (χ2n) is 5.38. The summed E-state index contributed by atoms with van der Waals surface area (Å²) in [6, 6.07) is 1.85.